The predicted molar refractivity (Wildman–Crippen MR) is 62.0 cm³/mol. The highest BCUT2D eigenvalue weighted by Gasteiger charge is 2.20. The zero-order valence-electron chi connectivity index (χ0n) is 7.77. The van der Waals surface area contributed by atoms with Crippen molar-refractivity contribution in [3.05, 3.63) is 30.3 Å². The van der Waals surface area contributed by atoms with Gasteiger partial charge in [-0.25, -0.2) is 10.2 Å². The molecule has 0 spiro atoms. The Morgan fingerprint density at radius 1 is 1.14 bits per heavy atom. The summed E-state index contributed by atoms with van der Waals surface area (Å²) in [6.45, 7) is -0.119. The second kappa shape index (κ2) is 4.41. The minimum absolute atomic E-state index is 0.831. The molecule has 1 aliphatic rings. The Balaban J connectivity index is 2.06. The maximum Gasteiger partial charge on any atom is 0.247 e. The van der Waals surface area contributed by atoms with Crippen LogP contribution in [-0.2, 0) is 11.8 Å². The molecule has 2 N–H and O–H groups in total. The zero-order chi connectivity index (χ0) is 9.86. The largest absolute Gasteiger partial charge is 0.441 e. The van der Waals surface area contributed by atoms with Crippen LogP contribution < -0.4 is 14.7 Å². The van der Waals surface area contributed by atoms with Gasteiger partial charge in [0.25, 0.3) is 0 Å². The van der Waals surface area contributed by atoms with Crippen molar-refractivity contribution in [2.24, 2.45) is 0 Å². The first-order valence-electron chi connectivity index (χ1n) is 4.63. The highest BCUT2D eigenvalue weighted by Crippen LogP contribution is 2.40. The fourth-order valence-corrected chi connectivity index (χ4v) is 3.66. The van der Waals surface area contributed by atoms with E-state index in [4.69, 9.17) is 16.3 Å². The lowest BCUT2D eigenvalue weighted by Crippen LogP contribution is -2.33. The molecule has 1 aromatic carbocycles. The maximum atomic E-state index is 5.75. The van der Waals surface area contributed by atoms with Crippen molar-refractivity contribution in [1.82, 2.24) is 10.2 Å². The fraction of sp³-hybridized carbons (Fsp3) is 0.333. The Morgan fingerprint density at radius 2 is 1.79 bits per heavy atom. The van der Waals surface area contributed by atoms with Crippen molar-refractivity contribution in [1.29, 1.82) is 0 Å². The first-order valence-corrected chi connectivity index (χ1v) is 7.35. The van der Waals surface area contributed by atoms with E-state index in [0.29, 0.717) is 0 Å². The molecule has 1 aromatic rings. The third-order valence-corrected chi connectivity index (χ3v) is 4.72. The van der Waals surface area contributed by atoms with Gasteiger partial charge in [-0.2, -0.15) is 0 Å². The third kappa shape index (κ3) is 2.55. The molecule has 1 aliphatic heterocycles. The van der Waals surface area contributed by atoms with Gasteiger partial charge in [-0.15, -0.1) is 0 Å². The van der Waals surface area contributed by atoms with E-state index in [-0.39, 0.29) is 0 Å². The summed E-state index contributed by atoms with van der Waals surface area (Å²) in [6, 6.07) is 9.70. The second-order valence-corrected chi connectivity index (χ2v) is 6.59. The van der Waals surface area contributed by atoms with Crippen molar-refractivity contribution in [2.45, 2.75) is 6.42 Å². The lowest BCUT2D eigenvalue weighted by Gasteiger charge is -2.28. The van der Waals surface area contributed by atoms with Gasteiger partial charge in [0.05, 0.1) is 0 Å². The van der Waals surface area contributed by atoms with E-state index in [9.17, 15) is 0 Å². The summed E-state index contributed by atoms with van der Waals surface area (Å²) in [4.78, 5) is 0. The first-order chi connectivity index (χ1) is 6.79. The number of hydrogen-bond donors (Lipinski definition) is 2. The van der Waals surface area contributed by atoms with Crippen LogP contribution in [0.2, 0.25) is 0 Å². The van der Waals surface area contributed by atoms with E-state index >= 15 is 0 Å². The van der Waals surface area contributed by atoms with Gasteiger partial charge in [-0.1, -0.05) is 18.2 Å². The monoisotopic (exact) mass is 228 g/mol. The third-order valence-electron chi connectivity index (χ3n) is 1.97. The van der Waals surface area contributed by atoms with Crippen LogP contribution in [0.15, 0.2) is 30.3 Å². The molecule has 1 heterocycles. The van der Waals surface area contributed by atoms with Crippen LogP contribution in [0.25, 0.3) is 0 Å². The molecule has 0 bridgehead atoms. The van der Waals surface area contributed by atoms with Gasteiger partial charge in [0.1, 0.15) is 5.75 Å². The number of benzene rings is 1. The molecule has 0 radical (unpaired) electrons. The van der Waals surface area contributed by atoms with E-state index in [1.54, 1.807) is 0 Å². The molecule has 1 saturated heterocycles. The molecule has 14 heavy (non-hydrogen) atoms. The van der Waals surface area contributed by atoms with E-state index in [1.165, 1.54) is 0 Å². The summed E-state index contributed by atoms with van der Waals surface area (Å²) in [5.74, 6) is 0.831. The van der Waals surface area contributed by atoms with Crippen molar-refractivity contribution in [2.75, 3.05) is 13.1 Å². The minimum atomic E-state index is -2.00. The fourth-order valence-electron chi connectivity index (χ4n) is 1.29. The Kier molecular flexibility index (Phi) is 3.19. The number of para-hydroxylation sites is 1. The smallest absolute Gasteiger partial charge is 0.247 e. The molecular weight excluding hydrogens is 215 g/mol. The van der Waals surface area contributed by atoms with Gasteiger partial charge >= 0.3 is 0 Å². The average Bonchev–Trinajstić information content (AvgIpc) is 2.19. The summed E-state index contributed by atoms with van der Waals surface area (Å²) >= 11 is 5.40. The van der Waals surface area contributed by atoms with Crippen LogP contribution in [0.4, 0.5) is 0 Å². The van der Waals surface area contributed by atoms with E-state index in [0.717, 1.165) is 25.3 Å². The number of rotatable bonds is 2. The van der Waals surface area contributed by atoms with Crippen molar-refractivity contribution >= 4 is 18.4 Å². The first kappa shape index (κ1) is 10.1. The SMILES string of the molecule is S=P1(Oc2ccccc2)NCCCN1. The predicted octanol–water partition coefficient (Wildman–Crippen LogP) is 1.87. The highest BCUT2D eigenvalue weighted by molar-refractivity contribution is 8.10. The Labute approximate surface area is 89.1 Å². The van der Waals surface area contributed by atoms with Crippen LogP contribution in [0, 0.1) is 0 Å². The van der Waals surface area contributed by atoms with Crippen molar-refractivity contribution < 1.29 is 4.52 Å². The molecule has 0 amide bonds. The highest BCUT2D eigenvalue weighted by atomic mass is 32.4. The van der Waals surface area contributed by atoms with Gasteiger partial charge in [0.15, 0.2) is 0 Å². The molecule has 1 fully saturated rings. The van der Waals surface area contributed by atoms with Crippen LogP contribution in [0.3, 0.4) is 0 Å². The standard InChI is InChI=1S/C9H13N2OPS/c14-13(10-7-4-8-11-13)12-9-5-2-1-3-6-9/h1-3,5-6H,4,7-8H2,(H2,10,11,14). The topological polar surface area (TPSA) is 33.3 Å². The normalized spacial score (nSPS) is 20.3. The Bertz CT molecular complexity index is 334. The van der Waals surface area contributed by atoms with Crippen LogP contribution in [-0.4, -0.2) is 13.1 Å². The average molecular weight is 228 g/mol. The molecule has 0 saturated carbocycles. The zero-order valence-corrected chi connectivity index (χ0v) is 9.48. The lowest BCUT2D eigenvalue weighted by atomic mass is 10.3. The van der Waals surface area contributed by atoms with Crippen LogP contribution in [0.5, 0.6) is 5.75 Å². The van der Waals surface area contributed by atoms with Crippen molar-refractivity contribution in [3.8, 4) is 5.75 Å². The van der Waals surface area contributed by atoms with Gasteiger partial charge in [0.2, 0.25) is 6.57 Å². The summed E-state index contributed by atoms with van der Waals surface area (Å²) in [6.07, 6.45) is 1.11. The van der Waals surface area contributed by atoms with Gasteiger partial charge in [-0.3, -0.25) is 0 Å². The molecule has 76 valence electrons. The second-order valence-electron chi connectivity index (χ2n) is 3.13. The summed E-state index contributed by atoms with van der Waals surface area (Å²) in [7, 11) is 0. The quantitative estimate of drug-likeness (QED) is 0.757. The van der Waals surface area contributed by atoms with Gasteiger partial charge in [0, 0.05) is 13.1 Å². The van der Waals surface area contributed by atoms with Crippen LogP contribution in [0.1, 0.15) is 6.42 Å². The van der Waals surface area contributed by atoms with E-state index in [1.807, 2.05) is 30.3 Å². The maximum absolute atomic E-state index is 5.75. The van der Waals surface area contributed by atoms with Gasteiger partial charge in [-0.05, 0) is 30.4 Å². The molecular formula is C9H13N2OPS. The number of nitrogens with one attached hydrogen (secondary N) is 2. The molecule has 2 rings (SSSR count). The summed E-state index contributed by atoms with van der Waals surface area (Å²) in [5.41, 5.74) is 0. The van der Waals surface area contributed by atoms with E-state index in [2.05, 4.69) is 10.2 Å². The minimum Gasteiger partial charge on any atom is -0.441 e. The van der Waals surface area contributed by atoms with Gasteiger partial charge < -0.3 is 4.52 Å². The molecule has 0 unspecified atom stereocenters. The number of hydrogen-bond acceptors (Lipinski definition) is 2. The lowest BCUT2D eigenvalue weighted by molar-refractivity contribution is 0.552. The molecule has 0 aromatic heterocycles. The van der Waals surface area contributed by atoms with Crippen molar-refractivity contribution in [3.63, 3.8) is 0 Å². The molecule has 5 heteroatoms. The summed E-state index contributed by atoms with van der Waals surface area (Å²) in [5, 5.41) is 6.47. The Morgan fingerprint density at radius 3 is 2.43 bits per heavy atom. The Hall–Kier alpha value is -0.410. The molecule has 0 aliphatic carbocycles. The summed E-state index contributed by atoms with van der Waals surface area (Å²) < 4.78 is 5.75. The van der Waals surface area contributed by atoms with Crippen LogP contribution >= 0.6 is 6.57 Å². The molecule has 3 nitrogen and oxygen atoms in total. The van der Waals surface area contributed by atoms with E-state index < -0.39 is 6.57 Å². The molecule has 0 atom stereocenters.